The maximum Gasteiger partial charge on any atom is 0.490 e. The highest BCUT2D eigenvalue weighted by Crippen LogP contribution is 2.41. The Labute approximate surface area is 250 Å². The van der Waals surface area contributed by atoms with E-state index in [1.165, 1.54) is 36.9 Å². The summed E-state index contributed by atoms with van der Waals surface area (Å²) in [4.78, 5) is 33.1. The van der Waals surface area contributed by atoms with Crippen molar-refractivity contribution in [2.75, 3.05) is 19.6 Å². The summed E-state index contributed by atoms with van der Waals surface area (Å²) in [6.45, 7) is 4.25. The second-order valence-electron chi connectivity index (χ2n) is 11.0. The molecule has 242 valence electrons. The van der Waals surface area contributed by atoms with Gasteiger partial charge in [-0.2, -0.15) is 26.3 Å². The summed E-state index contributed by atoms with van der Waals surface area (Å²) in [5.41, 5.74) is 3.49. The normalized spacial score (nSPS) is 20.3. The fourth-order valence-electron chi connectivity index (χ4n) is 4.69. The van der Waals surface area contributed by atoms with Crippen molar-refractivity contribution in [3.05, 3.63) is 71.3 Å². The van der Waals surface area contributed by atoms with Crippen molar-refractivity contribution in [2.24, 2.45) is 5.92 Å². The lowest BCUT2D eigenvalue weighted by Crippen LogP contribution is -2.44. The fraction of sp³-hybridized carbons (Fsp3) is 0.500. The van der Waals surface area contributed by atoms with E-state index in [0.29, 0.717) is 12.0 Å². The quantitative estimate of drug-likeness (QED) is 0.296. The number of carbonyl (C=O) groups excluding carboxylic acids is 1. The molecule has 0 radical (unpaired) electrons. The van der Waals surface area contributed by atoms with Crippen molar-refractivity contribution < 1.29 is 50.9 Å². The van der Waals surface area contributed by atoms with Gasteiger partial charge in [-0.1, -0.05) is 42.5 Å². The van der Waals surface area contributed by atoms with Gasteiger partial charge in [0.15, 0.2) is 0 Å². The number of hydrogen-bond donors (Lipinski definition) is 4. The highest BCUT2D eigenvalue weighted by Gasteiger charge is 2.40. The molecular weight excluding hydrogens is 596 g/mol. The molecule has 0 spiro atoms. The Kier molecular flexibility index (Phi) is 12.2. The predicted molar refractivity (Wildman–Crippen MR) is 148 cm³/mol. The minimum Gasteiger partial charge on any atom is -0.475 e. The Morgan fingerprint density at radius 3 is 1.91 bits per heavy atom. The SMILES string of the molecule is O=C(NC1CCN(Cc2ccccc2)CC1)c1cccc(C2CC2NCC2CC2)c1.O=C(O)C(F)(F)F.O=C(O)C(F)(F)F. The molecule has 1 heterocycles. The summed E-state index contributed by atoms with van der Waals surface area (Å²) < 4.78 is 63.5. The number of likely N-dealkylation sites (tertiary alicyclic amines) is 1. The van der Waals surface area contributed by atoms with Gasteiger partial charge in [0.25, 0.3) is 5.91 Å². The van der Waals surface area contributed by atoms with E-state index >= 15 is 0 Å². The molecule has 2 unspecified atom stereocenters. The summed E-state index contributed by atoms with van der Waals surface area (Å²) >= 11 is 0. The first-order chi connectivity index (χ1) is 20.6. The van der Waals surface area contributed by atoms with Crippen molar-refractivity contribution >= 4 is 17.8 Å². The zero-order valence-electron chi connectivity index (χ0n) is 23.7. The molecule has 0 bridgehead atoms. The number of rotatable bonds is 8. The number of amides is 1. The number of piperidine rings is 1. The first-order valence-electron chi connectivity index (χ1n) is 14.1. The fourth-order valence-corrected chi connectivity index (χ4v) is 4.69. The van der Waals surface area contributed by atoms with E-state index in [1.54, 1.807) is 0 Å². The lowest BCUT2D eigenvalue weighted by molar-refractivity contribution is -0.193. The molecule has 2 aromatic carbocycles. The number of alkyl halides is 6. The van der Waals surface area contributed by atoms with E-state index in [-0.39, 0.29) is 11.9 Å². The number of benzene rings is 2. The maximum absolute atomic E-state index is 12.8. The van der Waals surface area contributed by atoms with Gasteiger partial charge < -0.3 is 20.8 Å². The molecule has 8 nitrogen and oxygen atoms in total. The van der Waals surface area contributed by atoms with Crippen LogP contribution in [0.1, 0.15) is 59.5 Å². The Balaban J connectivity index is 0.000000317. The van der Waals surface area contributed by atoms with E-state index < -0.39 is 24.3 Å². The summed E-state index contributed by atoms with van der Waals surface area (Å²) in [7, 11) is 0. The van der Waals surface area contributed by atoms with Gasteiger partial charge in [0.05, 0.1) is 0 Å². The molecule has 14 heteroatoms. The van der Waals surface area contributed by atoms with Crippen molar-refractivity contribution in [1.29, 1.82) is 0 Å². The van der Waals surface area contributed by atoms with Gasteiger partial charge in [-0.05, 0) is 67.8 Å². The van der Waals surface area contributed by atoms with Crippen LogP contribution in [-0.4, -0.2) is 77.0 Å². The van der Waals surface area contributed by atoms with Crippen LogP contribution < -0.4 is 10.6 Å². The van der Waals surface area contributed by atoms with Crippen LogP contribution in [-0.2, 0) is 16.1 Å². The van der Waals surface area contributed by atoms with Gasteiger partial charge in [-0.3, -0.25) is 9.69 Å². The first kappa shape index (κ1) is 34.8. The van der Waals surface area contributed by atoms with Crippen molar-refractivity contribution in [1.82, 2.24) is 15.5 Å². The van der Waals surface area contributed by atoms with E-state index in [1.807, 2.05) is 12.1 Å². The highest BCUT2D eigenvalue weighted by molar-refractivity contribution is 5.94. The van der Waals surface area contributed by atoms with E-state index in [2.05, 4.69) is 58.0 Å². The molecule has 5 rings (SSSR count). The second kappa shape index (κ2) is 15.4. The van der Waals surface area contributed by atoms with Crippen LogP contribution in [0.25, 0.3) is 0 Å². The average molecular weight is 632 g/mol. The van der Waals surface area contributed by atoms with Crippen LogP contribution in [0.3, 0.4) is 0 Å². The molecule has 2 aromatic rings. The number of carboxylic acids is 2. The third-order valence-corrected chi connectivity index (χ3v) is 7.39. The Morgan fingerprint density at radius 2 is 1.39 bits per heavy atom. The minimum absolute atomic E-state index is 0.0847. The van der Waals surface area contributed by atoms with Gasteiger partial charge in [-0.15, -0.1) is 0 Å². The molecule has 2 saturated carbocycles. The summed E-state index contributed by atoms with van der Waals surface area (Å²) in [6, 6.07) is 19.8. The molecule has 1 amide bonds. The van der Waals surface area contributed by atoms with Crippen LogP contribution in [0.5, 0.6) is 0 Å². The number of carbonyl (C=O) groups is 3. The molecule has 2 aliphatic carbocycles. The standard InChI is InChI=1S/C26H33N3O.2C2HF3O2/c30-26(28-23-11-13-29(14-12-23)18-20-5-2-1-3-6-20)22-8-4-7-21(15-22)24-16-25(24)27-17-19-9-10-19;2*3-2(4,5)1(6)7/h1-8,15,19,23-25,27H,9-14,16-18H2,(H,28,30);2*(H,6,7). The average Bonchev–Trinajstić information content (AvgIpc) is 3.89. The van der Waals surface area contributed by atoms with E-state index in [0.717, 1.165) is 44.0 Å². The van der Waals surface area contributed by atoms with E-state index in [4.69, 9.17) is 19.8 Å². The first-order valence-corrected chi connectivity index (χ1v) is 14.1. The number of carboxylic acid groups (broad SMARTS) is 2. The van der Waals surface area contributed by atoms with Gasteiger partial charge in [0, 0.05) is 43.2 Å². The topological polar surface area (TPSA) is 119 Å². The smallest absolute Gasteiger partial charge is 0.475 e. The number of nitrogens with one attached hydrogen (secondary N) is 2. The summed E-state index contributed by atoms with van der Waals surface area (Å²) in [5, 5.41) is 21.2. The number of nitrogens with zero attached hydrogens (tertiary/aromatic N) is 1. The second-order valence-corrected chi connectivity index (χ2v) is 11.0. The molecular formula is C30H35F6N3O5. The minimum atomic E-state index is -5.08. The van der Waals surface area contributed by atoms with Crippen molar-refractivity contribution in [3.63, 3.8) is 0 Å². The molecule has 3 fully saturated rings. The van der Waals surface area contributed by atoms with Gasteiger partial charge >= 0.3 is 24.3 Å². The lowest BCUT2D eigenvalue weighted by Gasteiger charge is -2.32. The third-order valence-electron chi connectivity index (χ3n) is 7.39. The van der Waals surface area contributed by atoms with Crippen LogP contribution in [0, 0.1) is 5.92 Å². The van der Waals surface area contributed by atoms with Crippen LogP contribution in [0.15, 0.2) is 54.6 Å². The van der Waals surface area contributed by atoms with Crippen LogP contribution in [0.4, 0.5) is 26.3 Å². The van der Waals surface area contributed by atoms with E-state index in [9.17, 15) is 31.1 Å². The van der Waals surface area contributed by atoms with Crippen LogP contribution >= 0.6 is 0 Å². The lowest BCUT2D eigenvalue weighted by atomic mass is 10.0. The Hall–Kier alpha value is -3.65. The Bertz CT molecular complexity index is 1220. The molecule has 4 N–H and O–H groups in total. The van der Waals surface area contributed by atoms with Crippen molar-refractivity contribution in [2.45, 2.75) is 69.0 Å². The number of aliphatic carboxylic acids is 2. The third kappa shape index (κ3) is 12.2. The summed E-state index contributed by atoms with van der Waals surface area (Å²) in [6.07, 6.45) is -4.13. The molecule has 2 atom stereocenters. The zero-order chi connectivity index (χ0) is 32.5. The number of halogens is 6. The molecule has 44 heavy (non-hydrogen) atoms. The zero-order valence-corrected chi connectivity index (χ0v) is 23.7. The molecule has 1 saturated heterocycles. The number of hydrogen-bond acceptors (Lipinski definition) is 5. The molecule has 0 aromatic heterocycles. The van der Waals surface area contributed by atoms with Gasteiger partial charge in [-0.25, -0.2) is 9.59 Å². The molecule has 3 aliphatic rings. The predicted octanol–water partition coefficient (Wildman–Crippen LogP) is 5.20. The summed E-state index contributed by atoms with van der Waals surface area (Å²) in [5.74, 6) is -3.93. The monoisotopic (exact) mass is 631 g/mol. The van der Waals surface area contributed by atoms with Gasteiger partial charge in [0.2, 0.25) is 0 Å². The van der Waals surface area contributed by atoms with Gasteiger partial charge in [0.1, 0.15) is 0 Å². The van der Waals surface area contributed by atoms with Crippen LogP contribution in [0.2, 0.25) is 0 Å². The highest BCUT2D eigenvalue weighted by atomic mass is 19.4. The largest absolute Gasteiger partial charge is 0.490 e. The van der Waals surface area contributed by atoms with Crippen molar-refractivity contribution in [3.8, 4) is 0 Å². The Morgan fingerprint density at radius 1 is 0.818 bits per heavy atom. The molecule has 1 aliphatic heterocycles. The maximum atomic E-state index is 12.8.